The molecule has 1 aromatic carbocycles. The number of aromatic nitrogens is 1. The molecule has 0 atom stereocenters. The highest BCUT2D eigenvalue weighted by atomic mass is 16.5. The Morgan fingerprint density at radius 3 is 3.00 bits per heavy atom. The van der Waals surface area contributed by atoms with Crippen molar-refractivity contribution in [1.29, 1.82) is 0 Å². The Bertz CT molecular complexity index is 516. The van der Waals surface area contributed by atoms with Crippen molar-refractivity contribution < 1.29 is 14.6 Å². The number of aliphatic carboxylic acids is 1. The molecule has 1 aromatic heterocycles. The zero-order chi connectivity index (χ0) is 11.5. The minimum absolute atomic E-state index is 0.130. The van der Waals surface area contributed by atoms with Crippen molar-refractivity contribution in [3.63, 3.8) is 0 Å². The summed E-state index contributed by atoms with van der Waals surface area (Å²) < 4.78 is 5.27. The molecule has 0 radical (unpaired) electrons. The third-order valence-electron chi connectivity index (χ3n) is 2.58. The van der Waals surface area contributed by atoms with Crippen molar-refractivity contribution in [3.05, 3.63) is 30.0 Å². The molecule has 0 aliphatic carbocycles. The lowest BCUT2D eigenvalue weighted by atomic mass is 10.1. The molecule has 0 spiro atoms. The SMILES string of the molecule is COc1cccc2[nH]cc(CCC(=O)O)c12. The van der Waals surface area contributed by atoms with Crippen LogP contribution in [-0.2, 0) is 11.2 Å². The van der Waals surface area contributed by atoms with Crippen LogP contribution in [0.3, 0.4) is 0 Å². The van der Waals surface area contributed by atoms with Crippen LogP contribution in [0.2, 0.25) is 0 Å². The molecule has 84 valence electrons. The summed E-state index contributed by atoms with van der Waals surface area (Å²) >= 11 is 0. The Morgan fingerprint density at radius 2 is 2.31 bits per heavy atom. The first-order valence-corrected chi connectivity index (χ1v) is 5.07. The number of hydrogen-bond acceptors (Lipinski definition) is 2. The maximum Gasteiger partial charge on any atom is 0.303 e. The first-order valence-electron chi connectivity index (χ1n) is 5.07. The number of hydrogen-bond donors (Lipinski definition) is 2. The van der Waals surface area contributed by atoms with Crippen LogP contribution in [0.5, 0.6) is 5.75 Å². The second-order valence-electron chi connectivity index (χ2n) is 3.59. The van der Waals surface area contributed by atoms with Crippen LogP contribution in [0.25, 0.3) is 10.9 Å². The minimum Gasteiger partial charge on any atom is -0.496 e. The standard InChI is InChI=1S/C12H13NO3/c1-16-10-4-2-3-9-12(10)8(7-13-9)5-6-11(14)15/h2-4,7,13H,5-6H2,1H3,(H,14,15). The van der Waals surface area contributed by atoms with Gasteiger partial charge in [0.1, 0.15) is 5.75 Å². The van der Waals surface area contributed by atoms with E-state index in [1.165, 1.54) is 0 Å². The molecule has 0 fully saturated rings. The summed E-state index contributed by atoms with van der Waals surface area (Å²) in [6.45, 7) is 0. The van der Waals surface area contributed by atoms with E-state index >= 15 is 0 Å². The first kappa shape index (κ1) is 10.5. The van der Waals surface area contributed by atoms with Gasteiger partial charge < -0.3 is 14.8 Å². The number of carbonyl (C=O) groups is 1. The number of methoxy groups -OCH3 is 1. The predicted molar refractivity (Wildman–Crippen MR) is 60.8 cm³/mol. The zero-order valence-corrected chi connectivity index (χ0v) is 8.99. The number of carboxylic acid groups (broad SMARTS) is 1. The van der Waals surface area contributed by atoms with Gasteiger partial charge in [-0.15, -0.1) is 0 Å². The van der Waals surface area contributed by atoms with Crippen LogP contribution in [0.15, 0.2) is 24.4 Å². The molecule has 0 amide bonds. The van der Waals surface area contributed by atoms with E-state index in [1.807, 2.05) is 24.4 Å². The Labute approximate surface area is 92.9 Å². The van der Waals surface area contributed by atoms with Crippen molar-refractivity contribution in [2.24, 2.45) is 0 Å². The highest BCUT2D eigenvalue weighted by Gasteiger charge is 2.09. The van der Waals surface area contributed by atoms with Crippen LogP contribution in [0, 0.1) is 0 Å². The van der Waals surface area contributed by atoms with Crippen LogP contribution in [-0.4, -0.2) is 23.2 Å². The van der Waals surface area contributed by atoms with Gasteiger partial charge in [0, 0.05) is 23.5 Å². The molecule has 4 nitrogen and oxygen atoms in total. The molecular formula is C12H13NO3. The van der Waals surface area contributed by atoms with E-state index in [1.54, 1.807) is 7.11 Å². The number of aryl methyl sites for hydroxylation is 1. The molecule has 0 aliphatic heterocycles. The van der Waals surface area contributed by atoms with Crippen LogP contribution in [0.1, 0.15) is 12.0 Å². The Kier molecular flexibility index (Phi) is 2.81. The monoisotopic (exact) mass is 219 g/mol. The van der Waals surface area contributed by atoms with Gasteiger partial charge in [0.05, 0.1) is 7.11 Å². The molecule has 4 heteroatoms. The summed E-state index contributed by atoms with van der Waals surface area (Å²) in [6, 6.07) is 5.72. The lowest BCUT2D eigenvalue weighted by Crippen LogP contribution is -1.97. The Morgan fingerprint density at radius 1 is 1.50 bits per heavy atom. The molecule has 0 saturated heterocycles. The van der Waals surface area contributed by atoms with E-state index in [0.29, 0.717) is 6.42 Å². The normalized spacial score (nSPS) is 10.6. The molecule has 0 unspecified atom stereocenters. The highest BCUT2D eigenvalue weighted by molar-refractivity contribution is 5.89. The largest absolute Gasteiger partial charge is 0.496 e. The maximum atomic E-state index is 10.5. The van der Waals surface area contributed by atoms with Gasteiger partial charge in [0.15, 0.2) is 0 Å². The predicted octanol–water partition coefficient (Wildman–Crippen LogP) is 2.19. The summed E-state index contributed by atoms with van der Waals surface area (Å²) in [4.78, 5) is 13.7. The van der Waals surface area contributed by atoms with Gasteiger partial charge in [-0.3, -0.25) is 4.79 Å². The number of aromatic amines is 1. The van der Waals surface area contributed by atoms with Crippen molar-refractivity contribution >= 4 is 16.9 Å². The van der Waals surface area contributed by atoms with E-state index in [2.05, 4.69) is 4.98 Å². The average molecular weight is 219 g/mol. The van der Waals surface area contributed by atoms with Gasteiger partial charge in [0.25, 0.3) is 0 Å². The Hall–Kier alpha value is -1.97. The molecule has 2 N–H and O–H groups in total. The topological polar surface area (TPSA) is 62.3 Å². The molecule has 0 aliphatic rings. The number of rotatable bonds is 4. The summed E-state index contributed by atoms with van der Waals surface area (Å²) in [6.07, 6.45) is 2.48. The Balaban J connectivity index is 2.41. The third-order valence-corrected chi connectivity index (χ3v) is 2.58. The lowest BCUT2D eigenvalue weighted by molar-refractivity contribution is -0.136. The third kappa shape index (κ3) is 1.86. The summed E-state index contributed by atoms with van der Waals surface area (Å²) in [5.74, 6) is -0.0108. The van der Waals surface area contributed by atoms with Crippen molar-refractivity contribution in [1.82, 2.24) is 4.98 Å². The van der Waals surface area contributed by atoms with Crippen molar-refractivity contribution in [2.75, 3.05) is 7.11 Å². The summed E-state index contributed by atoms with van der Waals surface area (Å²) in [5.41, 5.74) is 1.95. The smallest absolute Gasteiger partial charge is 0.303 e. The van der Waals surface area contributed by atoms with Gasteiger partial charge in [-0.2, -0.15) is 0 Å². The van der Waals surface area contributed by atoms with E-state index in [9.17, 15) is 4.79 Å². The number of fused-ring (bicyclic) bond motifs is 1. The van der Waals surface area contributed by atoms with Gasteiger partial charge in [-0.05, 0) is 24.1 Å². The summed E-state index contributed by atoms with van der Waals surface area (Å²) in [5, 5.41) is 9.65. The van der Waals surface area contributed by atoms with Gasteiger partial charge in [-0.1, -0.05) is 6.07 Å². The first-order chi connectivity index (χ1) is 7.72. The molecule has 16 heavy (non-hydrogen) atoms. The number of benzene rings is 1. The quantitative estimate of drug-likeness (QED) is 0.828. The van der Waals surface area contributed by atoms with E-state index in [4.69, 9.17) is 9.84 Å². The summed E-state index contributed by atoms with van der Waals surface area (Å²) in [7, 11) is 1.61. The van der Waals surface area contributed by atoms with Crippen molar-refractivity contribution in [3.8, 4) is 5.75 Å². The number of nitrogens with one attached hydrogen (secondary N) is 1. The number of carboxylic acids is 1. The van der Waals surface area contributed by atoms with E-state index in [-0.39, 0.29) is 6.42 Å². The fraction of sp³-hybridized carbons (Fsp3) is 0.250. The van der Waals surface area contributed by atoms with Gasteiger partial charge >= 0.3 is 5.97 Å². The highest BCUT2D eigenvalue weighted by Crippen LogP contribution is 2.29. The number of ether oxygens (including phenoxy) is 1. The number of H-pyrrole nitrogens is 1. The second-order valence-corrected chi connectivity index (χ2v) is 3.59. The van der Waals surface area contributed by atoms with Gasteiger partial charge in [0.2, 0.25) is 0 Å². The van der Waals surface area contributed by atoms with Gasteiger partial charge in [-0.25, -0.2) is 0 Å². The maximum absolute atomic E-state index is 10.5. The fourth-order valence-corrected chi connectivity index (χ4v) is 1.83. The van der Waals surface area contributed by atoms with Crippen LogP contribution in [0.4, 0.5) is 0 Å². The second kappa shape index (κ2) is 4.26. The zero-order valence-electron chi connectivity index (χ0n) is 8.99. The lowest BCUT2D eigenvalue weighted by Gasteiger charge is -2.03. The molecule has 2 rings (SSSR count). The molecule has 2 aromatic rings. The van der Waals surface area contributed by atoms with E-state index < -0.39 is 5.97 Å². The van der Waals surface area contributed by atoms with E-state index in [0.717, 1.165) is 22.2 Å². The van der Waals surface area contributed by atoms with Crippen LogP contribution >= 0.6 is 0 Å². The molecular weight excluding hydrogens is 206 g/mol. The minimum atomic E-state index is -0.788. The van der Waals surface area contributed by atoms with Crippen molar-refractivity contribution in [2.45, 2.75) is 12.8 Å². The molecule has 1 heterocycles. The average Bonchev–Trinajstić information content (AvgIpc) is 2.69. The molecule has 0 bridgehead atoms. The fourth-order valence-electron chi connectivity index (χ4n) is 1.83. The molecule has 0 saturated carbocycles. The van der Waals surface area contributed by atoms with Crippen LogP contribution < -0.4 is 4.74 Å².